The molecule has 2 N–H and O–H groups in total. The van der Waals surface area contributed by atoms with Crippen molar-refractivity contribution in [3.05, 3.63) is 39.4 Å². The molecule has 0 heterocycles. The van der Waals surface area contributed by atoms with Gasteiger partial charge in [-0.2, -0.15) is 13.2 Å². The molecule has 0 bridgehead atoms. The number of nitro groups is 1. The smallest absolute Gasteiger partial charge is 0.382 e. The Labute approximate surface area is 111 Å². The summed E-state index contributed by atoms with van der Waals surface area (Å²) < 4.78 is 36.2. The first-order chi connectivity index (χ1) is 9.14. The molecule has 0 aliphatic carbocycles. The Morgan fingerprint density at radius 1 is 1.50 bits per heavy atom. The number of rotatable bonds is 4. The Balaban J connectivity index is 2.84. The Morgan fingerprint density at radius 3 is 2.60 bits per heavy atom. The topological polar surface area (TPSA) is 92.5 Å². The van der Waals surface area contributed by atoms with Gasteiger partial charge in [0.25, 0.3) is 11.6 Å². The molecular formula is C11H11F3N2O4. The highest BCUT2D eigenvalue weighted by atomic mass is 19.4. The van der Waals surface area contributed by atoms with Gasteiger partial charge in [0.15, 0.2) is 6.10 Å². The standard InChI is InChI=1S/C11H11F3N2O4/c1-6-7(3-2-4-8(6)16(19)20)10(18)15-5-9(17)11(12,13)14/h2-4,9,17H,5H2,1H3,(H,15,18). The first-order valence-electron chi connectivity index (χ1n) is 5.41. The minimum atomic E-state index is -4.84. The van der Waals surface area contributed by atoms with E-state index in [4.69, 9.17) is 5.11 Å². The van der Waals surface area contributed by atoms with Crippen molar-refractivity contribution in [3.8, 4) is 0 Å². The third kappa shape index (κ3) is 3.67. The predicted molar refractivity (Wildman–Crippen MR) is 62.2 cm³/mol. The van der Waals surface area contributed by atoms with Crippen molar-refractivity contribution in [2.75, 3.05) is 6.54 Å². The van der Waals surface area contributed by atoms with Crippen LogP contribution in [-0.2, 0) is 0 Å². The summed E-state index contributed by atoms with van der Waals surface area (Å²) in [6, 6.07) is 3.68. The first kappa shape index (κ1) is 15.9. The van der Waals surface area contributed by atoms with Crippen molar-refractivity contribution >= 4 is 11.6 Å². The van der Waals surface area contributed by atoms with Crippen molar-refractivity contribution in [3.63, 3.8) is 0 Å². The fourth-order valence-corrected chi connectivity index (χ4v) is 1.47. The fraction of sp³-hybridized carbons (Fsp3) is 0.364. The average molecular weight is 292 g/mol. The Kier molecular flexibility index (Phi) is 4.66. The van der Waals surface area contributed by atoms with Crippen LogP contribution < -0.4 is 5.32 Å². The molecule has 1 rings (SSSR count). The largest absolute Gasteiger partial charge is 0.416 e. The van der Waals surface area contributed by atoms with Gasteiger partial charge in [0, 0.05) is 17.2 Å². The van der Waals surface area contributed by atoms with Gasteiger partial charge >= 0.3 is 6.18 Å². The van der Waals surface area contributed by atoms with Gasteiger partial charge in [-0.3, -0.25) is 14.9 Å². The lowest BCUT2D eigenvalue weighted by Crippen LogP contribution is -2.40. The quantitative estimate of drug-likeness (QED) is 0.650. The third-order valence-electron chi connectivity index (χ3n) is 2.58. The lowest BCUT2D eigenvalue weighted by molar-refractivity contribution is -0.385. The number of halogens is 3. The highest BCUT2D eigenvalue weighted by Gasteiger charge is 2.38. The third-order valence-corrected chi connectivity index (χ3v) is 2.58. The van der Waals surface area contributed by atoms with Gasteiger partial charge in [0.05, 0.1) is 11.5 Å². The number of hydrogen-bond donors (Lipinski definition) is 2. The highest BCUT2D eigenvalue weighted by molar-refractivity contribution is 5.96. The second-order valence-corrected chi connectivity index (χ2v) is 3.97. The lowest BCUT2D eigenvalue weighted by Gasteiger charge is -2.15. The molecule has 1 unspecified atom stereocenters. The normalized spacial score (nSPS) is 12.8. The molecule has 6 nitrogen and oxygen atoms in total. The van der Waals surface area contributed by atoms with E-state index in [0.29, 0.717) is 0 Å². The van der Waals surface area contributed by atoms with Crippen molar-refractivity contribution in [1.82, 2.24) is 5.32 Å². The number of amides is 1. The van der Waals surface area contributed by atoms with E-state index in [0.717, 1.165) is 0 Å². The number of aliphatic hydroxyl groups is 1. The maximum Gasteiger partial charge on any atom is 0.416 e. The number of hydrogen-bond acceptors (Lipinski definition) is 4. The van der Waals surface area contributed by atoms with Gasteiger partial charge < -0.3 is 10.4 Å². The van der Waals surface area contributed by atoms with Crippen molar-refractivity contribution < 1.29 is 28.0 Å². The summed E-state index contributed by atoms with van der Waals surface area (Å²) in [6.45, 7) is 0.289. The molecule has 1 aromatic rings. The number of nitrogens with one attached hydrogen (secondary N) is 1. The summed E-state index contributed by atoms with van der Waals surface area (Å²) in [5.41, 5.74) is -0.390. The van der Waals surface area contributed by atoms with Crippen molar-refractivity contribution in [2.45, 2.75) is 19.2 Å². The number of nitrogens with zero attached hydrogens (tertiary/aromatic N) is 1. The number of benzene rings is 1. The Bertz CT molecular complexity index is 531. The van der Waals surface area contributed by atoms with E-state index >= 15 is 0 Å². The monoisotopic (exact) mass is 292 g/mol. The van der Waals surface area contributed by atoms with Crippen LogP contribution in [0.1, 0.15) is 15.9 Å². The number of aliphatic hydroxyl groups excluding tert-OH is 1. The lowest BCUT2D eigenvalue weighted by atomic mass is 10.1. The van der Waals surface area contributed by atoms with E-state index in [9.17, 15) is 28.1 Å². The maximum atomic E-state index is 12.1. The average Bonchev–Trinajstić information content (AvgIpc) is 2.34. The molecule has 20 heavy (non-hydrogen) atoms. The zero-order chi connectivity index (χ0) is 15.5. The van der Waals surface area contributed by atoms with Gasteiger partial charge in [-0.15, -0.1) is 0 Å². The van der Waals surface area contributed by atoms with E-state index < -0.39 is 29.7 Å². The first-order valence-corrected chi connectivity index (χ1v) is 5.41. The molecule has 0 aromatic heterocycles. The molecule has 1 aromatic carbocycles. The van der Waals surface area contributed by atoms with Crippen LogP contribution in [0.25, 0.3) is 0 Å². The van der Waals surface area contributed by atoms with Gasteiger partial charge in [0.2, 0.25) is 0 Å². The second kappa shape index (κ2) is 5.87. The summed E-state index contributed by atoms with van der Waals surface area (Å²) in [5, 5.41) is 21.3. The number of nitro benzene ring substituents is 1. The zero-order valence-electron chi connectivity index (χ0n) is 10.3. The van der Waals surface area contributed by atoms with Crippen LogP contribution in [0.2, 0.25) is 0 Å². The van der Waals surface area contributed by atoms with E-state index in [2.05, 4.69) is 0 Å². The molecule has 0 radical (unpaired) electrons. The van der Waals surface area contributed by atoms with Gasteiger partial charge in [-0.05, 0) is 13.0 Å². The summed E-state index contributed by atoms with van der Waals surface area (Å²) in [5.74, 6) is -0.922. The van der Waals surface area contributed by atoms with Crippen molar-refractivity contribution in [1.29, 1.82) is 0 Å². The molecule has 0 saturated carbocycles. The Hall–Kier alpha value is -2.16. The summed E-state index contributed by atoms with van der Waals surface area (Å²) in [4.78, 5) is 21.6. The molecule has 0 aliphatic rings. The van der Waals surface area contributed by atoms with Gasteiger partial charge in [-0.25, -0.2) is 0 Å². The number of alkyl halides is 3. The van der Waals surface area contributed by atoms with Crippen LogP contribution in [-0.4, -0.2) is 34.8 Å². The molecular weight excluding hydrogens is 281 g/mol. The number of carbonyl (C=O) groups excluding carboxylic acids is 1. The molecule has 0 fully saturated rings. The van der Waals surface area contributed by atoms with Crippen LogP contribution in [0, 0.1) is 17.0 Å². The molecule has 1 amide bonds. The van der Waals surface area contributed by atoms with Gasteiger partial charge in [0.1, 0.15) is 0 Å². The zero-order valence-corrected chi connectivity index (χ0v) is 10.3. The predicted octanol–water partition coefficient (Wildman–Crippen LogP) is 1.56. The Morgan fingerprint density at radius 2 is 2.10 bits per heavy atom. The van der Waals surface area contributed by atoms with E-state index in [1.807, 2.05) is 5.32 Å². The molecule has 0 spiro atoms. The van der Waals surface area contributed by atoms with Crippen LogP contribution >= 0.6 is 0 Å². The van der Waals surface area contributed by atoms with E-state index in [1.54, 1.807) is 0 Å². The molecule has 0 aliphatic heterocycles. The summed E-state index contributed by atoms with van der Waals surface area (Å²) in [6.07, 6.45) is -7.53. The minimum Gasteiger partial charge on any atom is -0.382 e. The summed E-state index contributed by atoms with van der Waals surface area (Å²) >= 11 is 0. The highest BCUT2D eigenvalue weighted by Crippen LogP contribution is 2.22. The second-order valence-electron chi connectivity index (χ2n) is 3.97. The summed E-state index contributed by atoms with van der Waals surface area (Å²) in [7, 11) is 0. The SMILES string of the molecule is Cc1c(C(=O)NCC(O)C(F)(F)F)cccc1[N+](=O)[O-]. The van der Waals surface area contributed by atoms with Gasteiger partial charge in [-0.1, -0.05) is 6.07 Å². The van der Waals surface area contributed by atoms with E-state index in [1.165, 1.54) is 25.1 Å². The minimum absolute atomic E-state index is 0.0384. The molecule has 1 atom stereocenters. The van der Waals surface area contributed by atoms with Crippen LogP contribution in [0.3, 0.4) is 0 Å². The molecule has 0 saturated heterocycles. The number of carbonyl (C=O) groups is 1. The van der Waals surface area contributed by atoms with Crippen molar-refractivity contribution in [2.24, 2.45) is 0 Å². The maximum absolute atomic E-state index is 12.1. The molecule has 9 heteroatoms. The fourth-order valence-electron chi connectivity index (χ4n) is 1.47. The van der Waals surface area contributed by atoms with Crippen LogP contribution in [0.15, 0.2) is 18.2 Å². The molecule has 110 valence electrons. The van der Waals surface area contributed by atoms with E-state index in [-0.39, 0.29) is 16.8 Å². The van der Waals surface area contributed by atoms with Crippen LogP contribution in [0.5, 0.6) is 0 Å². The van der Waals surface area contributed by atoms with Crippen LogP contribution in [0.4, 0.5) is 18.9 Å².